The number of hydrogen-bond acceptors (Lipinski definition) is 4. The SMILES string of the molecule is Cc1noc(C)c1CNCC(=O)Nc1cccc(Cl)c1. The van der Waals surface area contributed by atoms with E-state index in [1.54, 1.807) is 24.3 Å². The van der Waals surface area contributed by atoms with E-state index in [4.69, 9.17) is 16.1 Å². The summed E-state index contributed by atoms with van der Waals surface area (Å²) in [6.45, 7) is 4.48. The highest BCUT2D eigenvalue weighted by atomic mass is 35.5. The molecule has 2 rings (SSSR count). The summed E-state index contributed by atoms with van der Waals surface area (Å²) >= 11 is 5.85. The lowest BCUT2D eigenvalue weighted by molar-refractivity contribution is -0.115. The number of nitrogens with one attached hydrogen (secondary N) is 2. The van der Waals surface area contributed by atoms with E-state index in [2.05, 4.69) is 15.8 Å². The Balaban J connectivity index is 1.81. The summed E-state index contributed by atoms with van der Waals surface area (Å²) < 4.78 is 5.06. The van der Waals surface area contributed by atoms with Crippen molar-refractivity contribution in [3.8, 4) is 0 Å². The predicted molar refractivity (Wildman–Crippen MR) is 77.8 cm³/mol. The lowest BCUT2D eigenvalue weighted by Gasteiger charge is -2.07. The van der Waals surface area contributed by atoms with Gasteiger partial charge in [-0.3, -0.25) is 4.79 Å². The van der Waals surface area contributed by atoms with Crippen LogP contribution < -0.4 is 10.6 Å². The van der Waals surface area contributed by atoms with Crippen LogP contribution in [0.15, 0.2) is 28.8 Å². The number of rotatable bonds is 5. The van der Waals surface area contributed by atoms with Gasteiger partial charge in [0.15, 0.2) is 0 Å². The van der Waals surface area contributed by atoms with Gasteiger partial charge in [-0.25, -0.2) is 0 Å². The molecule has 0 aliphatic rings. The summed E-state index contributed by atoms with van der Waals surface area (Å²) in [4.78, 5) is 11.8. The largest absolute Gasteiger partial charge is 0.361 e. The second kappa shape index (κ2) is 6.54. The molecule has 0 aliphatic carbocycles. The highest BCUT2D eigenvalue weighted by Crippen LogP contribution is 2.14. The molecule has 0 saturated carbocycles. The third-order valence-corrected chi connectivity index (χ3v) is 3.11. The number of nitrogens with zero attached hydrogens (tertiary/aromatic N) is 1. The van der Waals surface area contributed by atoms with Crippen LogP contribution in [0, 0.1) is 13.8 Å². The fraction of sp³-hybridized carbons (Fsp3) is 0.286. The molecule has 1 heterocycles. The molecule has 5 nitrogen and oxygen atoms in total. The van der Waals surface area contributed by atoms with Gasteiger partial charge in [-0.05, 0) is 32.0 Å². The van der Waals surface area contributed by atoms with Gasteiger partial charge < -0.3 is 15.2 Å². The first-order valence-corrected chi connectivity index (χ1v) is 6.62. The Morgan fingerprint density at radius 2 is 2.20 bits per heavy atom. The molecule has 0 unspecified atom stereocenters. The summed E-state index contributed by atoms with van der Waals surface area (Å²) in [7, 11) is 0. The molecule has 0 aliphatic heterocycles. The van der Waals surface area contributed by atoms with Crippen LogP contribution in [0.5, 0.6) is 0 Å². The molecule has 2 aromatic rings. The summed E-state index contributed by atoms with van der Waals surface area (Å²) in [5.74, 6) is 0.643. The highest BCUT2D eigenvalue weighted by Gasteiger charge is 2.09. The maximum Gasteiger partial charge on any atom is 0.238 e. The number of carbonyl (C=O) groups excluding carboxylic acids is 1. The van der Waals surface area contributed by atoms with Crippen molar-refractivity contribution < 1.29 is 9.32 Å². The Morgan fingerprint density at radius 1 is 1.40 bits per heavy atom. The molecule has 0 fully saturated rings. The Hall–Kier alpha value is -1.85. The number of hydrogen-bond donors (Lipinski definition) is 2. The quantitative estimate of drug-likeness (QED) is 0.889. The van der Waals surface area contributed by atoms with Crippen molar-refractivity contribution >= 4 is 23.2 Å². The lowest BCUT2D eigenvalue weighted by Crippen LogP contribution is -2.28. The monoisotopic (exact) mass is 293 g/mol. The fourth-order valence-corrected chi connectivity index (χ4v) is 2.02. The van der Waals surface area contributed by atoms with Gasteiger partial charge in [-0.1, -0.05) is 22.8 Å². The first-order valence-electron chi connectivity index (χ1n) is 6.24. The van der Waals surface area contributed by atoms with E-state index in [1.165, 1.54) is 0 Å². The Morgan fingerprint density at radius 3 is 2.85 bits per heavy atom. The van der Waals surface area contributed by atoms with Crippen molar-refractivity contribution in [2.24, 2.45) is 0 Å². The number of aromatic nitrogens is 1. The zero-order chi connectivity index (χ0) is 14.5. The smallest absolute Gasteiger partial charge is 0.238 e. The van der Waals surface area contributed by atoms with Gasteiger partial charge in [0.2, 0.25) is 5.91 Å². The number of carbonyl (C=O) groups is 1. The van der Waals surface area contributed by atoms with Crippen LogP contribution in [-0.4, -0.2) is 17.6 Å². The van der Waals surface area contributed by atoms with Crippen molar-refractivity contribution in [2.45, 2.75) is 20.4 Å². The fourth-order valence-electron chi connectivity index (χ4n) is 1.83. The van der Waals surface area contributed by atoms with Crippen LogP contribution in [0.4, 0.5) is 5.69 Å². The molecule has 0 radical (unpaired) electrons. The highest BCUT2D eigenvalue weighted by molar-refractivity contribution is 6.30. The van der Waals surface area contributed by atoms with Crippen LogP contribution in [0.2, 0.25) is 5.02 Å². The minimum atomic E-state index is -0.126. The molecule has 2 N–H and O–H groups in total. The average Bonchev–Trinajstić information content (AvgIpc) is 2.70. The first kappa shape index (κ1) is 14.6. The minimum Gasteiger partial charge on any atom is -0.361 e. The number of anilines is 1. The number of halogens is 1. The zero-order valence-electron chi connectivity index (χ0n) is 11.4. The lowest BCUT2D eigenvalue weighted by atomic mass is 10.2. The molecule has 106 valence electrons. The Kier molecular flexibility index (Phi) is 4.76. The van der Waals surface area contributed by atoms with E-state index in [-0.39, 0.29) is 12.5 Å². The Labute approximate surface area is 122 Å². The zero-order valence-corrected chi connectivity index (χ0v) is 12.1. The average molecular weight is 294 g/mol. The van der Waals surface area contributed by atoms with Crippen molar-refractivity contribution in [2.75, 3.05) is 11.9 Å². The van der Waals surface area contributed by atoms with E-state index < -0.39 is 0 Å². The molecule has 20 heavy (non-hydrogen) atoms. The summed E-state index contributed by atoms with van der Waals surface area (Å²) in [6.07, 6.45) is 0. The van der Waals surface area contributed by atoms with Crippen molar-refractivity contribution in [3.05, 3.63) is 46.3 Å². The van der Waals surface area contributed by atoms with E-state index >= 15 is 0 Å². The van der Waals surface area contributed by atoms with E-state index in [0.29, 0.717) is 17.3 Å². The number of benzene rings is 1. The molecular weight excluding hydrogens is 278 g/mol. The second-order valence-electron chi connectivity index (χ2n) is 4.46. The van der Waals surface area contributed by atoms with Crippen LogP contribution >= 0.6 is 11.6 Å². The molecular formula is C14H16ClN3O2. The molecule has 0 atom stereocenters. The van der Waals surface area contributed by atoms with Gasteiger partial charge in [-0.15, -0.1) is 0 Å². The van der Waals surface area contributed by atoms with Crippen LogP contribution in [0.3, 0.4) is 0 Å². The molecule has 1 aromatic carbocycles. The summed E-state index contributed by atoms with van der Waals surface area (Å²) in [6, 6.07) is 7.04. The third-order valence-electron chi connectivity index (χ3n) is 2.88. The molecule has 0 bridgehead atoms. The van der Waals surface area contributed by atoms with Crippen molar-refractivity contribution in [1.29, 1.82) is 0 Å². The Bertz CT molecular complexity index is 591. The van der Waals surface area contributed by atoms with E-state index in [9.17, 15) is 4.79 Å². The van der Waals surface area contributed by atoms with Crippen LogP contribution in [0.25, 0.3) is 0 Å². The molecule has 6 heteroatoms. The first-order chi connectivity index (χ1) is 9.56. The summed E-state index contributed by atoms with van der Waals surface area (Å²) in [5.41, 5.74) is 2.51. The maximum absolute atomic E-state index is 11.8. The van der Waals surface area contributed by atoms with Crippen LogP contribution in [-0.2, 0) is 11.3 Å². The standard InChI is InChI=1S/C14H16ClN3O2/c1-9-13(10(2)20-18-9)7-16-8-14(19)17-12-5-3-4-11(15)6-12/h3-6,16H,7-8H2,1-2H3,(H,17,19). The predicted octanol–water partition coefficient (Wildman–Crippen LogP) is 2.67. The van der Waals surface area contributed by atoms with Gasteiger partial charge >= 0.3 is 0 Å². The van der Waals surface area contributed by atoms with E-state index in [1.807, 2.05) is 13.8 Å². The second-order valence-corrected chi connectivity index (χ2v) is 4.90. The summed E-state index contributed by atoms with van der Waals surface area (Å²) in [5, 5.41) is 10.3. The van der Waals surface area contributed by atoms with Gasteiger partial charge in [0.1, 0.15) is 5.76 Å². The van der Waals surface area contributed by atoms with Gasteiger partial charge in [0.05, 0.1) is 12.2 Å². The molecule has 1 aromatic heterocycles. The minimum absolute atomic E-state index is 0.126. The van der Waals surface area contributed by atoms with Gasteiger partial charge in [0, 0.05) is 22.8 Å². The van der Waals surface area contributed by atoms with E-state index in [0.717, 1.165) is 17.0 Å². The third kappa shape index (κ3) is 3.82. The molecule has 0 saturated heterocycles. The van der Waals surface area contributed by atoms with Crippen molar-refractivity contribution in [1.82, 2.24) is 10.5 Å². The molecule has 1 amide bonds. The topological polar surface area (TPSA) is 67.2 Å². The van der Waals surface area contributed by atoms with Crippen molar-refractivity contribution in [3.63, 3.8) is 0 Å². The van der Waals surface area contributed by atoms with Crippen LogP contribution in [0.1, 0.15) is 17.0 Å². The number of aryl methyl sites for hydroxylation is 2. The van der Waals surface area contributed by atoms with Gasteiger partial charge in [0.25, 0.3) is 0 Å². The molecule has 0 spiro atoms. The van der Waals surface area contributed by atoms with Gasteiger partial charge in [-0.2, -0.15) is 0 Å². The number of amides is 1. The maximum atomic E-state index is 11.8. The normalized spacial score (nSPS) is 10.6.